The molecular weight excluding hydrogens is 328 g/mol. The fourth-order valence-electron chi connectivity index (χ4n) is 3.04. The minimum absolute atomic E-state index is 0.0233. The molecule has 0 radical (unpaired) electrons. The highest BCUT2D eigenvalue weighted by atomic mass is 32.1. The van der Waals surface area contributed by atoms with Gasteiger partial charge >= 0.3 is 5.97 Å². The number of piperidine rings is 1. The molecule has 0 saturated carbocycles. The van der Waals surface area contributed by atoms with E-state index >= 15 is 0 Å². The molecule has 0 unspecified atom stereocenters. The van der Waals surface area contributed by atoms with Crippen molar-refractivity contribution >= 4 is 23.2 Å². The highest BCUT2D eigenvalue weighted by Gasteiger charge is 2.29. The van der Waals surface area contributed by atoms with Crippen LogP contribution in [0.2, 0.25) is 0 Å². The monoisotopic (exact) mass is 348 g/mol. The normalized spacial score (nSPS) is 17.8. The molecule has 128 valence electrons. The summed E-state index contributed by atoms with van der Waals surface area (Å²) in [6, 6.07) is 3.97. The lowest BCUT2D eigenvalue weighted by atomic mass is 9.97. The van der Waals surface area contributed by atoms with Crippen molar-refractivity contribution in [3.8, 4) is 0 Å². The highest BCUT2D eigenvalue weighted by molar-refractivity contribution is 7.09. The summed E-state index contributed by atoms with van der Waals surface area (Å²) in [4.78, 5) is 26.5. The molecule has 0 aromatic carbocycles. The van der Waals surface area contributed by atoms with Crippen molar-refractivity contribution in [2.45, 2.75) is 44.7 Å². The largest absolute Gasteiger partial charge is 0.481 e. The smallest absolute Gasteiger partial charge is 0.303 e. The number of amides is 1. The Hall–Kier alpha value is -2.22. The Bertz CT molecular complexity index is 698. The van der Waals surface area contributed by atoms with Crippen molar-refractivity contribution in [1.82, 2.24) is 19.9 Å². The second-order valence-corrected chi connectivity index (χ2v) is 6.99. The van der Waals surface area contributed by atoms with E-state index in [1.165, 1.54) is 0 Å². The first kappa shape index (κ1) is 16.6. The molecular formula is C16H20N4O3S. The number of carbonyl (C=O) groups excluding carboxylic acids is 1. The Morgan fingerprint density at radius 1 is 1.38 bits per heavy atom. The summed E-state index contributed by atoms with van der Waals surface area (Å²) in [7, 11) is 0. The van der Waals surface area contributed by atoms with Crippen LogP contribution in [-0.4, -0.2) is 49.5 Å². The summed E-state index contributed by atoms with van der Waals surface area (Å²) in [6.45, 7) is 1.25. The first-order chi connectivity index (χ1) is 11.6. The summed E-state index contributed by atoms with van der Waals surface area (Å²) >= 11 is 1.63. The molecule has 1 aliphatic rings. The lowest BCUT2D eigenvalue weighted by Crippen LogP contribution is -2.44. The lowest BCUT2D eigenvalue weighted by molar-refractivity contribution is -0.137. The zero-order chi connectivity index (χ0) is 16.9. The van der Waals surface area contributed by atoms with Gasteiger partial charge in [0.1, 0.15) is 0 Å². The van der Waals surface area contributed by atoms with Crippen LogP contribution >= 0.6 is 11.3 Å². The number of carboxylic acids is 1. The molecule has 0 aliphatic carbocycles. The van der Waals surface area contributed by atoms with E-state index in [2.05, 4.69) is 10.3 Å². The van der Waals surface area contributed by atoms with Crippen molar-refractivity contribution in [2.24, 2.45) is 0 Å². The minimum Gasteiger partial charge on any atom is -0.481 e. The first-order valence-electron chi connectivity index (χ1n) is 8.09. The van der Waals surface area contributed by atoms with Gasteiger partial charge in [0, 0.05) is 23.9 Å². The zero-order valence-electron chi connectivity index (χ0n) is 13.3. The molecule has 2 aromatic rings. The summed E-state index contributed by atoms with van der Waals surface area (Å²) < 4.78 is 1.66. The van der Waals surface area contributed by atoms with Gasteiger partial charge in [-0.2, -0.15) is 0 Å². The fourth-order valence-corrected chi connectivity index (χ4v) is 3.74. The Kier molecular flexibility index (Phi) is 5.24. The van der Waals surface area contributed by atoms with Gasteiger partial charge in [0.15, 0.2) is 5.69 Å². The maximum Gasteiger partial charge on any atom is 0.303 e. The zero-order valence-corrected chi connectivity index (χ0v) is 14.1. The molecule has 1 aliphatic heterocycles. The van der Waals surface area contributed by atoms with E-state index in [1.54, 1.807) is 27.1 Å². The summed E-state index contributed by atoms with van der Waals surface area (Å²) in [5.74, 6) is -0.975. The van der Waals surface area contributed by atoms with Gasteiger partial charge in [-0.25, -0.2) is 4.68 Å². The minimum atomic E-state index is -0.824. The van der Waals surface area contributed by atoms with Crippen molar-refractivity contribution in [3.05, 3.63) is 34.3 Å². The second-order valence-electron chi connectivity index (χ2n) is 5.96. The van der Waals surface area contributed by atoms with Gasteiger partial charge in [0.2, 0.25) is 0 Å². The van der Waals surface area contributed by atoms with Crippen molar-refractivity contribution < 1.29 is 14.7 Å². The van der Waals surface area contributed by atoms with E-state index < -0.39 is 5.97 Å². The van der Waals surface area contributed by atoms with Crippen LogP contribution in [0.1, 0.15) is 47.5 Å². The van der Waals surface area contributed by atoms with Crippen LogP contribution in [0, 0.1) is 0 Å². The molecule has 8 heteroatoms. The summed E-state index contributed by atoms with van der Waals surface area (Å²) in [6.07, 6.45) is 5.06. The third-order valence-corrected chi connectivity index (χ3v) is 5.10. The fraction of sp³-hybridized carbons (Fsp3) is 0.500. The summed E-state index contributed by atoms with van der Waals surface area (Å²) in [5, 5.41) is 18.9. The van der Waals surface area contributed by atoms with Crippen LogP contribution in [0.25, 0.3) is 0 Å². The van der Waals surface area contributed by atoms with Gasteiger partial charge < -0.3 is 10.0 Å². The van der Waals surface area contributed by atoms with Gasteiger partial charge in [-0.3, -0.25) is 9.59 Å². The molecule has 3 rings (SSSR count). The van der Waals surface area contributed by atoms with E-state index in [9.17, 15) is 9.59 Å². The Labute approximate surface area is 143 Å². The molecule has 3 heterocycles. The average molecular weight is 348 g/mol. The predicted octanol–water partition coefficient (Wildman–Crippen LogP) is 2.25. The topological polar surface area (TPSA) is 88.3 Å². The number of nitrogens with zero attached hydrogens (tertiary/aromatic N) is 4. The van der Waals surface area contributed by atoms with Gasteiger partial charge in [-0.15, -0.1) is 16.4 Å². The van der Waals surface area contributed by atoms with Gasteiger partial charge in [0.25, 0.3) is 5.91 Å². The van der Waals surface area contributed by atoms with E-state index in [0.717, 1.165) is 24.1 Å². The average Bonchev–Trinajstić information content (AvgIpc) is 3.25. The number of likely N-dealkylation sites (tertiary alicyclic amines) is 1. The SMILES string of the molecule is O=C(O)CC[C@@H]1CCCCN1C(=O)c1cn(Cc2cccs2)nn1. The third-order valence-electron chi connectivity index (χ3n) is 4.24. The van der Waals surface area contributed by atoms with Gasteiger partial charge in [-0.05, 0) is 37.1 Å². The summed E-state index contributed by atoms with van der Waals surface area (Å²) in [5.41, 5.74) is 0.328. The van der Waals surface area contributed by atoms with Crippen molar-refractivity contribution in [3.63, 3.8) is 0 Å². The quantitative estimate of drug-likeness (QED) is 0.865. The van der Waals surface area contributed by atoms with E-state index in [4.69, 9.17) is 5.11 Å². The molecule has 1 amide bonds. The Morgan fingerprint density at radius 2 is 2.25 bits per heavy atom. The van der Waals surface area contributed by atoms with E-state index in [0.29, 0.717) is 25.2 Å². The number of rotatable bonds is 6. The highest BCUT2D eigenvalue weighted by Crippen LogP contribution is 2.22. The maximum atomic E-state index is 12.7. The number of carboxylic acid groups (broad SMARTS) is 1. The molecule has 1 saturated heterocycles. The second kappa shape index (κ2) is 7.57. The number of aromatic nitrogens is 3. The van der Waals surface area contributed by atoms with Gasteiger partial charge in [-0.1, -0.05) is 11.3 Å². The van der Waals surface area contributed by atoms with Crippen LogP contribution in [0.3, 0.4) is 0 Å². The van der Waals surface area contributed by atoms with Crippen molar-refractivity contribution in [1.29, 1.82) is 0 Å². The van der Waals surface area contributed by atoms with Crippen LogP contribution in [0.4, 0.5) is 0 Å². The van der Waals surface area contributed by atoms with Gasteiger partial charge in [0.05, 0.1) is 12.7 Å². The molecule has 0 spiro atoms. The van der Waals surface area contributed by atoms with Crippen molar-refractivity contribution in [2.75, 3.05) is 6.54 Å². The number of carbonyl (C=O) groups is 2. The third kappa shape index (κ3) is 4.00. The molecule has 0 bridgehead atoms. The number of aliphatic carboxylic acids is 1. The van der Waals surface area contributed by atoms with E-state index in [1.807, 2.05) is 17.5 Å². The van der Waals surface area contributed by atoms with Crippen LogP contribution in [0.5, 0.6) is 0 Å². The first-order valence-corrected chi connectivity index (χ1v) is 8.97. The van der Waals surface area contributed by atoms with Crippen LogP contribution < -0.4 is 0 Å². The Morgan fingerprint density at radius 3 is 3.00 bits per heavy atom. The Balaban J connectivity index is 1.67. The lowest BCUT2D eigenvalue weighted by Gasteiger charge is -2.35. The molecule has 1 atom stereocenters. The van der Waals surface area contributed by atoms with E-state index in [-0.39, 0.29) is 18.4 Å². The number of hydrogen-bond acceptors (Lipinski definition) is 5. The molecule has 1 N–H and O–H groups in total. The number of thiophene rings is 1. The molecule has 7 nitrogen and oxygen atoms in total. The predicted molar refractivity (Wildman–Crippen MR) is 89.0 cm³/mol. The molecule has 2 aromatic heterocycles. The standard InChI is InChI=1S/C16H20N4O3S/c21-15(22)7-6-12-4-1-2-8-20(12)16(23)14-11-19(18-17-14)10-13-5-3-9-24-13/h3,5,9,11-12H,1-2,4,6-8,10H2,(H,21,22)/t12-/m0/s1. The van der Waals surface area contributed by atoms with Crippen LogP contribution in [0.15, 0.2) is 23.7 Å². The number of hydrogen-bond donors (Lipinski definition) is 1. The molecule has 24 heavy (non-hydrogen) atoms. The maximum absolute atomic E-state index is 12.7. The van der Waals surface area contributed by atoms with Crippen LogP contribution in [-0.2, 0) is 11.3 Å². The molecule has 1 fully saturated rings.